The number of amides is 1. The van der Waals surface area contributed by atoms with Crippen molar-refractivity contribution in [2.45, 2.75) is 39.7 Å². The maximum Gasteiger partial charge on any atom is 0.306 e. The van der Waals surface area contributed by atoms with E-state index in [1.807, 2.05) is 4.90 Å². The molecular weight excluding hydrogens is 232 g/mol. The molecule has 0 aromatic rings. The third kappa shape index (κ3) is 4.29. The Balaban J connectivity index is 2.33. The lowest BCUT2D eigenvalue weighted by molar-refractivity contribution is -0.146. The summed E-state index contributed by atoms with van der Waals surface area (Å²) in [6, 6.07) is 0.398. The zero-order valence-corrected chi connectivity index (χ0v) is 11.6. The molecule has 1 amide bonds. The van der Waals surface area contributed by atoms with Gasteiger partial charge in [0, 0.05) is 32.1 Å². The number of nitrogens with zero attached hydrogens (tertiary/aromatic N) is 2. The molecule has 1 heterocycles. The first-order valence-corrected chi connectivity index (χ1v) is 6.75. The smallest absolute Gasteiger partial charge is 0.306 e. The fraction of sp³-hybridized carbons (Fsp3) is 0.846. The van der Waals surface area contributed by atoms with Crippen molar-refractivity contribution in [1.82, 2.24) is 9.80 Å². The molecule has 0 aliphatic carbocycles. The molecule has 0 aromatic carbocycles. The van der Waals surface area contributed by atoms with E-state index in [-0.39, 0.29) is 24.7 Å². The van der Waals surface area contributed by atoms with E-state index < -0.39 is 0 Å². The minimum Gasteiger partial charge on any atom is -0.466 e. The van der Waals surface area contributed by atoms with E-state index in [4.69, 9.17) is 4.74 Å². The topological polar surface area (TPSA) is 49.9 Å². The van der Waals surface area contributed by atoms with Crippen molar-refractivity contribution in [2.75, 3.05) is 32.8 Å². The van der Waals surface area contributed by atoms with Crippen LogP contribution >= 0.6 is 0 Å². The average molecular weight is 256 g/mol. The SMILES string of the molecule is CCOC(=O)CCC(=O)N1CCN(CC)C(C)C1. The van der Waals surface area contributed by atoms with E-state index in [9.17, 15) is 9.59 Å². The zero-order chi connectivity index (χ0) is 13.5. The van der Waals surface area contributed by atoms with Crippen LogP contribution in [0.4, 0.5) is 0 Å². The average Bonchev–Trinajstić information content (AvgIpc) is 2.36. The van der Waals surface area contributed by atoms with Gasteiger partial charge in [-0.2, -0.15) is 0 Å². The monoisotopic (exact) mass is 256 g/mol. The van der Waals surface area contributed by atoms with Crippen LogP contribution in [0.1, 0.15) is 33.6 Å². The molecule has 0 bridgehead atoms. The quantitative estimate of drug-likeness (QED) is 0.685. The Labute approximate surface area is 109 Å². The molecule has 1 fully saturated rings. The molecule has 1 saturated heterocycles. The van der Waals surface area contributed by atoms with E-state index in [2.05, 4.69) is 18.7 Å². The van der Waals surface area contributed by atoms with Crippen LogP contribution in [0.15, 0.2) is 0 Å². The van der Waals surface area contributed by atoms with Crippen LogP contribution in [0.2, 0.25) is 0 Å². The van der Waals surface area contributed by atoms with Gasteiger partial charge in [0.1, 0.15) is 0 Å². The second kappa shape index (κ2) is 7.36. The molecule has 0 spiro atoms. The number of carbonyl (C=O) groups excluding carboxylic acids is 2. The first kappa shape index (κ1) is 15.0. The predicted molar refractivity (Wildman–Crippen MR) is 69.2 cm³/mol. The minimum absolute atomic E-state index is 0.0608. The molecule has 0 radical (unpaired) electrons. The van der Waals surface area contributed by atoms with Gasteiger partial charge < -0.3 is 9.64 Å². The van der Waals surface area contributed by atoms with Gasteiger partial charge >= 0.3 is 5.97 Å². The maximum absolute atomic E-state index is 11.9. The van der Waals surface area contributed by atoms with Gasteiger partial charge in [0.25, 0.3) is 0 Å². The van der Waals surface area contributed by atoms with Gasteiger partial charge in [0.05, 0.1) is 13.0 Å². The summed E-state index contributed by atoms with van der Waals surface area (Å²) in [4.78, 5) is 27.4. The Morgan fingerprint density at radius 2 is 1.94 bits per heavy atom. The number of carbonyl (C=O) groups is 2. The van der Waals surface area contributed by atoms with Gasteiger partial charge in [-0.15, -0.1) is 0 Å². The standard InChI is InChI=1S/C13H24N2O3/c1-4-14-8-9-15(10-11(14)3)12(16)6-7-13(17)18-5-2/h11H,4-10H2,1-3H3. The van der Waals surface area contributed by atoms with E-state index in [1.165, 1.54) is 0 Å². The Hall–Kier alpha value is -1.10. The van der Waals surface area contributed by atoms with Crippen molar-refractivity contribution in [3.05, 3.63) is 0 Å². The number of ether oxygens (including phenoxy) is 1. The van der Waals surface area contributed by atoms with Gasteiger partial charge in [-0.3, -0.25) is 14.5 Å². The van der Waals surface area contributed by atoms with Crippen LogP contribution < -0.4 is 0 Å². The summed E-state index contributed by atoms with van der Waals surface area (Å²) in [7, 11) is 0. The third-order valence-electron chi connectivity index (χ3n) is 3.37. The Morgan fingerprint density at radius 3 is 2.50 bits per heavy atom. The number of likely N-dealkylation sites (N-methyl/N-ethyl adjacent to an activating group) is 1. The first-order valence-electron chi connectivity index (χ1n) is 6.75. The molecule has 104 valence electrons. The molecule has 1 aliphatic rings. The number of esters is 1. The molecule has 5 nitrogen and oxygen atoms in total. The highest BCUT2D eigenvalue weighted by molar-refractivity contribution is 5.81. The molecule has 0 N–H and O–H groups in total. The predicted octanol–water partition coefficient (Wildman–Crippen LogP) is 0.882. The van der Waals surface area contributed by atoms with E-state index >= 15 is 0 Å². The Kier molecular flexibility index (Phi) is 6.12. The normalized spacial score (nSPS) is 20.8. The van der Waals surface area contributed by atoms with Crippen molar-refractivity contribution >= 4 is 11.9 Å². The Bertz CT molecular complexity index is 294. The van der Waals surface area contributed by atoms with Crippen molar-refractivity contribution in [3.63, 3.8) is 0 Å². The summed E-state index contributed by atoms with van der Waals surface area (Å²) in [5, 5.41) is 0. The van der Waals surface area contributed by atoms with Crippen molar-refractivity contribution in [3.8, 4) is 0 Å². The van der Waals surface area contributed by atoms with E-state index in [1.54, 1.807) is 6.92 Å². The third-order valence-corrected chi connectivity index (χ3v) is 3.37. The van der Waals surface area contributed by atoms with Crippen molar-refractivity contribution in [2.24, 2.45) is 0 Å². The van der Waals surface area contributed by atoms with Crippen LogP contribution in [0.25, 0.3) is 0 Å². The summed E-state index contributed by atoms with van der Waals surface area (Å²) in [6.07, 6.45) is 0.451. The fourth-order valence-corrected chi connectivity index (χ4v) is 2.29. The van der Waals surface area contributed by atoms with Crippen molar-refractivity contribution in [1.29, 1.82) is 0 Å². The molecule has 5 heteroatoms. The highest BCUT2D eigenvalue weighted by Gasteiger charge is 2.25. The second-order valence-corrected chi connectivity index (χ2v) is 4.62. The molecule has 1 unspecified atom stereocenters. The second-order valence-electron chi connectivity index (χ2n) is 4.62. The van der Waals surface area contributed by atoms with Gasteiger partial charge in [0.2, 0.25) is 5.91 Å². The van der Waals surface area contributed by atoms with Crippen LogP contribution in [-0.4, -0.2) is 60.5 Å². The minimum atomic E-state index is -0.286. The molecule has 1 rings (SSSR count). The highest BCUT2D eigenvalue weighted by Crippen LogP contribution is 2.11. The number of piperazine rings is 1. The molecule has 0 aromatic heterocycles. The molecular formula is C13H24N2O3. The Morgan fingerprint density at radius 1 is 1.22 bits per heavy atom. The molecule has 1 atom stereocenters. The summed E-state index contributed by atoms with van der Waals surface area (Å²) < 4.78 is 4.82. The molecule has 0 saturated carbocycles. The van der Waals surface area contributed by atoms with Crippen LogP contribution in [0.5, 0.6) is 0 Å². The molecule has 18 heavy (non-hydrogen) atoms. The lowest BCUT2D eigenvalue weighted by Gasteiger charge is -2.39. The van der Waals surface area contributed by atoms with Crippen molar-refractivity contribution < 1.29 is 14.3 Å². The van der Waals surface area contributed by atoms with Gasteiger partial charge in [-0.05, 0) is 20.4 Å². The van der Waals surface area contributed by atoms with Gasteiger partial charge in [-0.1, -0.05) is 6.92 Å². The van der Waals surface area contributed by atoms with Crippen LogP contribution in [0, 0.1) is 0 Å². The zero-order valence-electron chi connectivity index (χ0n) is 11.6. The summed E-state index contributed by atoms with van der Waals surface area (Å²) in [5.74, 6) is -0.225. The number of hydrogen-bond donors (Lipinski definition) is 0. The summed E-state index contributed by atoms with van der Waals surface area (Å²) >= 11 is 0. The lowest BCUT2D eigenvalue weighted by atomic mass is 10.1. The lowest BCUT2D eigenvalue weighted by Crippen LogP contribution is -2.53. The molecule has 1 aliphatic heterocycles. The maximum atomic E-state index is 11.9. The largest absolute Gasteiger partial charge is 0.466 e. The first-order chi connectivity index (χ1) is 8.58. The summed E-state index contributed by atoms with van der Waals surface area (Å²) in [6.45, 7) is 9.87. The van der Waals surface area contributed by atoms with Crippen LogP contribution in [-0.2, 0) is 14.3 Å². The van der Waals surface area contributed by atoms with E-state index in [0.29, 0.717) is 12.6 Å². The fourth-order valence-electron chi connectivity index (χ4n) is 2.29. The van der Waals surface area contributed by atoms with E-state index in [0.717, 1.165) is 26.2 Å². The highest BCUT2D eigenvalue weighted by atomic mass is 16.5. The number of rotatable bonds is 5. The van der Waals surface area contributed by atoms with Gasteiger partial charge in [-0.25, -0.2) is 0 Å². The number of hydrogen-bond acceptors (Lipinski definition) is 4. The van der Waals surface area contributed by atoms with Crippen LogP contribution in [0.3, 0.4) is 0 Å². The summed E-state index contributed by atoms with van der Waals surface area (Å²) in [5.41, 5.74) is 0. The van der Waals surface area contributed by atoms with Gasteiger partial charge in [0.15, 0.2) is 0 Å².